The average molecular weight is 278 g/mol. The number of carboxylic acids is 1. The number of anilines is 1. The zero-order valence-corrected chi connectivity index (χ0v) is 12.0. The summed E-state index contributed by atoms with van der Waals surface area (Å²) in [5, 5.41) is 13.4. The monoisotopic (exact) mass is 278 g/mol. The number of para-hydroxylation sites is 1. The van der Waals surface area contributed by atoms with E-state index < -0.39 is 11.4 Å². The minimum absolute atomic E-state index is 0.412. The number of carbonyl (C=O) groups is 1. The number of nitrogens with one attached hydrogen (secondary N) is 1. The van der Waals surface area contributed by atoms with E-state index >= 15 is 0 Å². The van der Waals surface area contributed by atoms with Crippen LogP contribution in [0.4, 0.5) is 5.13 Å². The van der Waals surface area contributed by atoms with Gasteiger partial charge in [0, 0.05) is 6.54 Å². The Labute approximate surface area is 116 Å². The molecular formula is C14H18N2O2S. The Hall–Kier alpha value is -1.62. The van der Waals surface area contributed by atoms with Crippen LogP contribution in [0.3, 0.4) is 0 Å². The van der Waals surface area contributed by atoms with Gasteiger partial charge in [-0.15, -0.1) is 0 Å². The average Bonchev–Trinajstić information content (AvgIpc) is 2.83. The second kappa shape index (κ2) is 5.57. The molecule has 0 spiro atoms. The van der Waals surface area contributed by atoms with E-state index in [9.17, 15) is 9.90 Å². The van der Waals surface area contributed by atoms with Gasteiger partial charge in [0.05, 0.1) is 15.6 Å². The van der Waals surface area contributed by atoms with Gasteiger partial charge in [-0.05, 0) is 25.0 Å². The predicted molar refractivity (Wildman–Crippen MR) is 78.8 cm³/mol. The zero-order valence-electron chi connectivity index (χ0n) is 11.1. The molecule has 1 heterocycles. The molecule has 2 rings (SSSR count). The first-order chi connectivity index (χ1) is 9.11. The second-order valence-electron chi connectivity index (χ2n) is 4.63. The van der Waals surface area contributed by atoms with Gasteiger partial charge in [-0.1, -0.05) is 37.3 Å². The molecule has 1 aromatic carbocycles. The summed E-state index contributed by atoms with van der Waals surface area (Å²) in [6.07, 6.45) is 1.22. The molecule has 0 aliphatic carbocycles. The number of hydrogen-bond donors (Lipinski definition) is 2. The van der Waals surface area contributed by atoms with Crippen molar-refractivity contribution in [2.75, 3.05) is 11.9 Å². The van der Waals surface area contributed by atoms with E-state index in [-0.39, 0.29) is 0 Å². The molecule has 0 atom stereocenters. The Balaban J connectivity index is 2.14. The van der Waals surface area contributed by atoms with E-state index in [0.29, 0.717) is 19.4 Å². The van der Waals surface area contributed by atoms with Gasteiger partial charge in [0.15, 0.2) is 5.13 Å². The Morgan fingerprint density at radius 1 is 1.37 bits per heavy atom. The summed E-state index contributed by atoms with van der Waals surface area (Å²) >= 11 is 1.56. The van der Waals surface area contributed by atoms with E-state index in [1.807, 2.05) is 38.1 Å². The zero-order chi connectivity index (χ0) is 13.9. The summed E-state index contributed by atoms with van der Waals surface area (Å²) in [7, 11) is 0. The number of nitrogens with zero attached hydrogens (tertiary/aromatic N) is 1. The van der Waals surface area contributed by atoms with Crippen LogP contribution in [0.15, 0.2) is 24.3 Å². The quantitative estimate of drug-likeness (QED) is 0.847. The summed E-state index contributed by atoms with van der Waals surface area (Å²) in [6, 6.07) is 7.90. The number of aliphatic carboxylic acids is 1. The maximum atomic E-state index is 11.4. The molecule has 0 amide bonds. The van der Waals surface area contributed by atoms with E-state index in [1.165, 1.54) is 0 Å². The molecule has 2 N–H and O–H groups in total. The summed E-state index contributed by atoms with van der Waals surface area (Å²) < 4.78 is 1.11. The van der Waals surface area contributed by atoms with Crippen molar-refractivity contribution < 1.29 is 9.90 Å². The summed E-state index contributed by atoms with van der Waals surface area (Å²) in [5.41, 5.74) is 0.238. The molecule has 5 heteroatoms. The Morgan fingerprint density at radius 3 is 2.63 bits per heavy atom. The van der Waals surface area contributed by atoms with E-state index in [0.717, 1.165) is 15.3 Å². The van der Waals surface area contributed by atoms with Crippen molar-refractivity contribution in [1.29, 1.82) is 0 Å². The van der Waals surface area contributed by atoms with Gasteiger partial charge in [0.25, 0.3) is 0 Å². The molecule has 19 heavy (non-hydrogen) atoms. The molecule has 2 aromatic rings. The molecule has 0 unspecified atom stereocenters. The smallest absolute Gasteiger partial charge is 0.311 e. The molecule has 0 aliphatic heterocycles. The van der Waals surface area contributed by atoms with E-state index in [1.54, 1.807) is 11.3 Å². The van der Waals surface area contributed by atoms with Crippen LogP contribution < -0.4 is 5.32 Å². The highest BCUT2D eigenvalue weighted by molar-refractivity contribution is 7.22. The van der Waals surface area contributed by atoms with Crippen LogP contribution in [0, 0.1) is 5.41 Å². The normalized spacial score (nSPS) is 11.7. The van der Waals surface area contributed by atoms with Crippen molar-refractivity contribution in [3.05, 3.63) is 24.3 Å². The van der Waals surface area contributed by atoms with Gasteiger partial charge < -0.3 is 10.4 Å². The lowest BCUT2D eigenvalue weighted by Gasteiger charge is -2.26. The molecule has 0 aliphatic rings. The molecule has 102 valence electrons. The van der Waals surface area contributed by atoms with Crippen molar-refractivity contribution in [1.82, 2.24) is 4.98 Å². The number of fused-ring (bicyclic) bond motifs is 1. The molecular weight excluding hydrogens is 260 g/mol. The van der Waals surface area contributed by atoms with Gasteiger partial charge in [0.2, 0.25) is 0 Å². The van der Waals surface area contributed by atoms with E-state index in [4.69, 9.17) is 0 Å². The highest BCUT2D eigenvalue weighted by atomic mass is 32.1. The number of benzene rings is 1. The summed E-state index contributed by atoms with van der Waals surface area (Å²) in [5.74, 6) is -0.744. The third-order valence-corrected chi connectivity index (χ3v) is 4.67. The number of aromatic nitrogens is 1. The molecule has 4 nitrogen and oxygen atoms in total. The van der Waals surface area contributed by atoms with Crippen LogP contribution in [0.5, 0.6) is 0 Å². The number of carboxylic acid groups (broad SMARTS) is 1. The van der Waals surface area contributed by atoms with Crippen molar-refractivity contribution in [3.8, 4) is 0 Å². The number of hydrogen-bond acceptors (Lipinski definition) is 4. The highest BCUT2D eigenvalue weighted by Gasteiger charge is 2.34. The summed E-state index contributed by atoms with van der Waals surface area (Å²) in [4.78, 5) is 15.9. The van der Waals surface area contributed by atoms with Crippen molar-refractivity contribution >= 4 is 32.7 Å². The van der Waals surface area contributed by atoms with Gasteiger partial charge in [0.1, 0.15) is 0 Å². The van der Waals surface area contributed by atoms with Crippen molar-refractivity contribution in [2.45, 2.75) is 26.7 Å². The fourth-order valence-electron chi connectivity index (χ4n) is 2.07. The SMILES string of the molecule is CCC(CC)(CNc1nc2ccccc2s1)C(=O)O. The Kier molecular flexibility index (Phi) is 4.04. The minimum Gasteiger partial charge on any atom is -0.481 e. The molecule has 0 radical (unpaired) electrons. The number of thiazole rings is 1. The van der Waals surface area contributed by atoms with Crippen LogP contribution in [0.2, 0.25) is 0 Å². The molecule has 0 fully saturated rings. The van der Waals surface area contributed by atoms with Crippen LogP contribution in [0.1, 0.15) is 26.7 Å². The standard InChI is InChI=1S/C14H18N2O2S/c1-3-14(4-2,12(17)18)9-15-13-16-10-7-5-6-8-11(10)19-13/h5-8H,3-4,9H2,1-2H3,(H,15,16)(H,17,18). The first kappa shape index (κ1) is 13.8. The number of rotatable bonds is 6. The topological polar surface area (TPSA) is 62.2 Å². The maximum Gasteiger partial charge on any atom is 0.311 e. The fourth-order valence-corrected chi connectivity index (χ4v) is 2.93. The summed E-state index contributed by atoms with van der Waals surface area (Å²) in [6.45, 7) is 4.24. The van der Waals surface area contributed by atoms with Gasteiger partial charge in [-0.25, -0.2) is 4.98 Å². The maximum absolute atomic E-state index is 11.4. The van der Waals surface area contributed by atoms with Gasteiger partial charge >= 0.3 is 5.97 Å². The van der Waals surface area contributed by atoms with Gasteiger partial charge in [-0.2, -0.15) is 0 Å². The molecule has 0 bridgehead atoms. The lowest BCUT2D eigenvalue weighted by molar-refractivity contribution is -0.148. The van der Waals surface area contributed by atoms with Crippen LogP contribution in [-0.4, -0.2) is 22.6 Å². The molecule has 1 aromatic heterocycles. The second-order valence-corrected chi connectivity index (χ2v) is 5.66. The van der Waals surface area contributed by atoms with Gasteiger partial charge in [-0.3, -0.25) is 4.79 Å². The van der Waals surface area contributed by atoms with Crippen molar-refractivity contribution in [2.24, 2.45) is 5.41 Å². The first-order valence-electron chi connectivity index (χ1n) is 6.44. The Morgan fingerprint density at radius 2 is 2.05 bits per heavy atom. The largest absolute Gasteiger partial charge is 0.481 e. The predicted octanol–water partition coefficient (Wildman–Crippen LogP) is 3.60. The first-order valence-corrected chi connectivity index (χ1v) is 7.26. The molecule has 0 saturated heterocycles. The third-order valence-electron chi connectivity index (χ3n) is 3.68. The third kappa shape index (κ3) is 2.71. The lowest BCUT2D eigenvalue weighted by atomic mass is 9.82. The lowest BCUT2D eigenvalue weighted by Crippen LogP contribution is -2.36. The minimum atomic E-state index is -0.744. The highest BCUT2D eigenvalue weighted by Crippen LogP contribution is 2.30. The van der Waals surface area contributed by atoms with Crippen LogP contribution >= 0.6 is 11.3 Å². The van der Waals surface area contributed by atoms with Crippen molar-refractivity contribution in [3.63, 3.8) is 0 Å². The fraction of sp³-hybridized carbons (Fsp3) is 0.429. The van der Waals surface area contributed by atoms with Crippen LogP contribution in [-0.2, 0) is 4.79 Å². The molecule has 0 saturated carbocycles. The van der Waals surface area contributed by atoms with Crippen LogP contribution in [0.25, 0.3) is 10.2 Å². The van der Waals surface area contributed by atoms with E-state index in [2.05, 4.69) is 10.3 Å². The Bertz CT molecular complexity index is 543.